The molecule has 0 spiro atoms. The van der Waals surface area contributed by atoms with Gasteiger partial charge < -0.3 is 10.2 Å². The summed E-state index contributed by atoms with van der Waals surface area (Å²) in [5.41, 5.74) is 0.886. The molecule has 3 heterocycles. The Balaban J connectivity index is 0.00000300. The standard InChI is InChI=1S/C22H37N5O.H2/c1-16(2)7-5-6-10-23-21(28)11-18-12-24-22(25-13-18)27-19-8-9-20(27)15-26(14-19)17(3)4;/h12-13,16-17,19-20H,5-11,14-15H2,1-4H3,(H,23,28);1H. The number of aromatic nitrogens is 2. The van der Waals surface area contributed by atoms with Crippen LogP contribution < -0.4 is 10.2 Å². The molecular formula is C22H39N5O. The first-order valence-electron chi connectivity index (χ1n) is 11.0. The Kier molecular flexibility index (Phi) is 7.27. The van der Waals surface area contributed by atoms with Crippen LogP contribution in [0.15, 0.2) is 12.4 Å². The summed E-state index contributed by atoms with van der Waals surface area (Å²) in [6.07, 6.45) is 9.89. The highest BCUT2D eigenvalue weighted by molar-refractivity contribution is 5.78. The zero-order valence-corrected chi connectivity index (χ0v) is 18.0. The molecule has 2 bridgehead atoms. The molecule has 6 nitrogen and oxygen atoms in total. The van der Waals surface area contributed by atoms with Crippen LogP contribution >= 0.6 is 0 Å². The van der Waals surface area contributed by atoms with Crippen molar-refractivity contribution in [1.29, 1.82) is 0 Å². The summed E-state index contributed by atoms with van der Waals surface area (Å²) in [6, 6.07) is 1.62. The van der Waals surface area contributed by atoms with Crippen LogP contribution in [0.1, 0.15) is 66.8 Å². The number of likely N-dealkylation sites (tertiary alicyclic amines) is 1. The molecule has 1 aromatic heterocycles. The first-order chi connectivity index (χ1) is 13.4. The van der Waals surface area contributed by atoms with Gasteiger partial charge in [-0.15, -0.1) is 0 Å². The fourth-order valence-electron chi connectivity index (χ4n) is 4.41. The molecule has 0 aliphatic carbocycles. The second-order valence-electron chi connectivity index (χ2n) is 9.15. The van der Waals surface area contributed by atoms with E-state index in [0.29, 0.717) is 24.5 Å². The molecule has 2 unspecified atom stereocenters. The summed E-state index contributed by atoms with van der Waals surface area (Å²) in [5, 5.41) is 3.01. The van der Waals surface area contributed by atoms with Gasteiger partial charge in [0.05, 0.1) is 6.42 Å². The van der Waals surface area contributed by atoms with E-state index in [2.05, 4.69) is 52.8 Å². The maximum Gasteiger partial charge on any atom is 0.225 e. The number of hydrogen-bond donors (Lipinski definition) is 1. The Morgan fingerprint density at radius 3 is 2.36 bits per heavy atom. The highest BCUT2D eigenvalue weighted by Crippen LogP contribution is 2.33. The van der Waals surface area contributed by atoms with Crippen molar-refractivity contribution in [2.75, 3.05) is 24.5 Å². The number of nitrogens with zero attached hydrogens (tertiary/aromatic N) is 4. The van der Waals surface area contributed by atoms with Gasteiger partial charge in [0.2, 0.25) is 11.9 Å². The lowest BCUT2D eigenvalue weighted by molar-refractivity contribution is -0.120. The van der Waals surface area contributed by atoms with Crippen LogP contribution in [0.25, 0.3) is 0 Å². The zero-order chi connectivity index (χ0) is 20.1. The first kappa shape index (κ1) is 21.0. The second-order valence-corrected chi connectivity index (χ2v) is 9.15. The second kappa shape index (κ2) is 9.68. The maximum atomic E-state index is 12.1. The number of nitrogens with one attached hydrogen (secondary N) is 1. The zero-order valence-electron chi connectivity index (χ0n) is 18.0. The number of hydrogen-bond acceptors (Lipinski definition) is 5. The van der Waals surface area contributed by atoms with Crippen molar-refractivity contribution >= 4 is 11.9 Å². The first-order valence-corrected chi connectivity index (χ1v) is 11.0. The third kappa shape index (κ3) is 5.43. The molecule has 2 aliphatic rings. The summed E-state index contributed by atoms with van der Waals surface area (Å²) in [7, 11) is 0. The van der Waals surface area contributed by atoms with E-state index >= 15 is 0 Å². The largest absolute Gasteiger partial charge is 0.356 e. The molecule has 2 saturated heterocycles. The van der Waals surface area contributed by atoms with Gasteiger partial charge in [-0.1, -0.05) is 26.7 Å². The number of rotatable bonds is 9. The van der Waals surface area contributed by atoms with Crippen LogP contribution in [-0.2, 0) is 11.2 Å². The molecule has 2 atom stereocenters. The van der Waals surface area contributed by atoms with Gasteiger partial charge in [0.25, 0.3) is 0 Å². The lowest BCUT2D eigenvalue weighted by Gasteiger charge is -2.42. The van der Waals surface area contributed by atoms with Gasteiger partial charge in [0.1, 0.15) is 0 Å². The molecule has 2 fully saturated rings. The molecule has 1 amide bonds. The predicted molar refractivity (Wildman–Crippen MR) is 116 cm³/mol. The summed E-state index contributed by atoms with van der Waals surface area (Å²) >= 11 is 0. The lowest BCUT2D eigenvalue weighted by Crippen LogP contribution is -2.56. The lowest BCUT2D eigenvalue weighted by atomic mass is 10.1. The summed E-state index contributed by atoms with van der Waals surface area (Å²) in [5.74, 6) is 1.62. The summed E-state index contributed by atoms with van der Waals surface area (Å²) in [4.78, 5) is 26.3. The fourth-order valence-corrected chi connectivity index (χ4v) is 4.41. The highest BCUT2D eigenvalue weighted by atomic mass is 16.1. The minimum Gasteiger partial charge on any atom is -0.356 e. The van der Waals surface area contributed by atoms with E-state index in [1.807, 2.05) is 12.4 Å². The average molecular weight is 390 g/mol. The normalized spacial score (nSPS) is 22.3. The van der Waals surface area contributed by atoms with Crippen LogP contribution in [0.3, 0.4) is 0 Å². The molecule has 0 aromatic carbocycles. The van der Waals surface area contributed by atoms with Crippen molar-refractivity contribution in [3.63, 3.8) is 0 Å². The third-order valence-corrected chi connectivity index (χ3v) is 6.06. The van der Waals surface area contributed by atoms with Crippen molar-refractivity contribution < 1.29 is 6.22 Å². The van der Waals surface area contributed by atoms with Gasteiger partial charge in [-0.3, -0.25) is 9.69 Å². The predicted octanol–water partition coefficient (Wildman–Crippen LogP) is 3.27. The van der Waals surface area contributed by atoms with E-state index in [0.717, 1.165) is 43.5 Å². The minimum atomic E-state index is 0. The topological polar surface area (TPSA) is 61.4 Å². The van der Waals surface area contributed by atoms with Crippen molar-refractivity contribution in [2.45, 2.75) is 84.3 Å². The van der Waals surface area contributed by atoms with E-state index in [-0.39, 0.29) is 7.33 Å². The molecule has 6 heteroatoms. The van der Waals surface area contributed by atoms with Gasteiger partial charge in [-0.2, -0.15) is 0 Å². The number of carbonyl (C=O) groups is 1. The highest BCUT2D eigenvalue weighted by Gasteiger charge is 2.41. The van der Waals surface area contributed by atoms with Crippen molar-refractivity contribution in [1.82, 2.24) is 20.2 Å². The molecule has 3 rings (SSSR count). The number of unbranched alkanes of at least 4 members (excludes halogenated alkanes) is 1. The van der Waals surface area contributed by atoms with E-state index < -0.39 is 0 Å². The Morgan fingerprint density at radius 2 is 1.79 bits per heavy atom. The maximum absolute atomic E-state index is 12.1. The van der Waals surface area contributed by atoms with Crippen molar-refractivity contribution in [2.24, 2.45) is 5.92 Å². The van der Waals surface area contributed by atoms with Crippen LogP contribution in [0.2, 0.25) is 0 Å². The number of piperazine rings is 1. The molecule has 158 valence electrons. The Bertz CT molecular complexity index is 623. The van der Waals surface area contributed by atoms with Gasteiger partial charge in [0.15, 0.2) is 0 Å². The van der Waals surface area contributed by atoms with Gasteiger partial charge in [0, 0.05) is 51.6 Å². The van der Waals surface area contributed by atoms with Gasteiger partial charge in [-0.25, -0.2) is 9.97 Å². The third-order valence-electron chi connectivity index (χ3n) is 6.06. The van der Waals surface area contributed by atoms with Crippen molar-refractivity contribution in [3.05, 3.63) is 18.0 Å². The Labute approximate surface area is 171 Å². The smallest absolute Gasteiger partial charge is 0.225 e. The van der Waals surface area contributed by atoms with Gasteiger partial charge >= 0.3 is 0 Å². The average Bonchev–Trinajstić information content (AvgIpc) is 2.91. The molecule has 1 N–H and O–H groups in total. The minimum absolute atomic E-state index is 0. The SMILES string of the molecule is CC(C)CCCCNC(=O)Cc1cnc(N2C3CCC2CN(C(C)C)C3)nc1.[HH]. The van der Waals surface area contributed by atoms with Crippen LogP contribution in [-0.4, -0.2) is 58.5 Å². The Hall–Kier alpha value is -1.69. The molecule has 1 aromatic rings. The molecular weight excluding hydrogens is 350 g/mol. The monoisotopic (exact) mass is 389 g/mol. The fraction of sp³-hybridized carbons (Fsp3) is 0.773. The quantitative estimate of drug-likeness (QED) is 0.657. The number of fused-ring (bicyclic) bond motifs is 2. The van der Waals surface area contributed by atoms with Crippen molar-refractivity contribution in [3.8, 4) is 0 Å². The molecule has 0 radical (unpaired) electrons. The van der Waals surface area contributed by atoms with Crippen LogP contribution in [0.5, 0.6) is 0 Å². The van der Waals surface area contributed by atoms with Gasteiger partial charge in [-0.05, 0) is 44.6 Å². The number of amides is 1. The summed E-state index contributed by atoms with van der Waals surface area (Å²) < 4.78 is 0. The molecule has 2 aliphatic heterocycles. The molecule has 0 saturated carbocycles. The van der Waals surface area contributed by atoms with Crippen LogP contribution in [0.4, 0.5) is 5.95 Å². The van der Waals surface area contributed by atoms with Crippen LogP contribution in [0, 0.1) is 5.92 Å². The number of anilines is 1. The van der Waals surface area contributed by atoms with E-state index in [4.69, 9.17) is 0 Å². The van der Waals surface area contributed by atoms with E-state index in [1.165, 1.54) is 25.7 Å². The number of carbonyl (C=O) groups excluding carboxylic acids is 1. The Morgan fingerprint density at radius 1 is 1.14 bits per heavy atom. The van der Waals surface area contributed by atoms with E-state index in [9.17, 15) is 4.79 Å². The van der Waals surface area contributed by atoms with E-state index in [1.54, 1.807) is 0 Å². The molecule has 28 heavy (non-hydrogen) atoms. The summed E-state index contributed by atoms with van der Waals surface area (Å²) in [6.45, 7) is 12.0.